The third-order valence-electron chi connectivity index (χ3n) is 4.39. The molecule has 8 nitrogen and oxygen atoms in total. The van der Waals surface area contributed by atoms with Gasteiger partial charge in [-0.15, -0.1) is 5.10 Å². The minimum absolute atomic E-state index is 0.130. The summed E-state index contributed by atoms with van der Waals surface area (Å²) in [7, 11) is 1.58. The van der Waals surface area contributed by atoms with Crippen LogP contribution in [0.5, 0.6) is 0 Å². The quantitative estimate of drug-likeness (QED) is 0.673. The first-order valence-corrected chi connectivity index (χ1v) is 8.98. The fraction of sp³-hybridized carbons (Fsp3) is 0.765. The summed E-state index contributed by atoms with van der Waals surface area (Å²) < 4.78 is 6.55. The zero-order valence-corrected chi connectivity index (χ0v) is 15.4. The Balaban J connectivity index is 1.88. The molecule has 0 aliphatic carbocycles. The fourth-order valence-electron chi connectivity index (χ4n) is 2.97. The molecular weight excluding hydrogens is 322 g/mol. The van der Waals surface area contributed by atoms with Gasteiger partial charge < -0.3 is 15.0 Å². The Morgan fingerprint density at radius 1 is 1.44 bits per heavy atom. The predicted octanol–water partition coefficient (Wildman–Crippen LogP) is 1.08. The zero-order valence-electron chi connectivity index (χ0n) is 15.4. The number of aromatic nitrogens is 3. The molecule has 1 saturated heterocycles. The molecule has 1 atom stereocenters. The molecule has 25 heavy (non-hydrogen) atoms. The summed E-state index contributed by atoms with van der Waals surface area (Å²) in [4.78, 5) is 26.3. The van der Waals surface area contributed by atoms with Crippen molar-refractivity contribution in [1.82, 2.24) is 25.2 Å². The molecule has 0 saturated carbocycles. The van der Waals surface area contributed by atoms with E-state index in [1.807, 2.05) is 4.90 Å². The predicted molar refractivity (Wildman–Crippen MR) is 93.0 cm³/mol. The van der Waals surface area contributed by atoms with Crippen molar-refractivity contribution in [2.45, 2.75) is 52.1 Å². The molecule has 1 aromatic rings. The monoisotopic (exact) mass is 351 g/mol. The van der Waals surface area contributed by atoms with Crippen LogP contribution >= 0.6 is 0 Å². The summed E-state index contributed by atoms with van der Waals surface area (Å²) >= 11 is 0. The molecule has 1 aliphatic rings. The largest absolute Gasteiger partial charge is 0.383 e. The van der Waals surface area contributed by atoms with Gasteiger partial charge in [0.05, 0.1) is 25.4 Å². The number of methoxy groups -OCH3 is 1. The van der Waals surface area contributed by atoms with E-state index in [0.717, 1.165) is 25.8 Å². The molecular formula is C17H29N5O3. The molecule has 1 aliphatic heterocycles. The number of nitrogens with one attached hydrogen (secondary N) is 1. The molecule has 140 valence electrons. The number of carbonyl (C=O) groups excluding carboxylic acids is 2. The summed E-state index contributed by atoms with van der Waals surface area (Å²) in [5.74, 6) is 0.480. The van der Waals surface area contributed by atoms with Crippen LogP contribution in [0.3, 0.4) is 0 Å². The SMILES string of the molecule is COCCNC(=O)c1cn(C[C@@H]2CCCN2C(=O)CCC(C)C)nn1. The third kappa shape index (κ3) is 5.81. The van der Waals surface area contributed by atoms with Gasteiger partial charge in [0.25, 0.3) is 5.91 Å². The van der Waals surface area contributed by atoms with E-state index in [-0.39, 0.29) is 23.6 Å². The van der Waals surface area contributed by atoms with Crippen LogP contribution < -0.4 is 5.32 Å². The summed E-state index contributed by atoms with van der Waals surface area (Å²) in [6.45, 7) is 6.53. The number of ether oxygens (including phenoxy) is 1. The minimum Gasteiger partial charge on any atom is -0.383 e. The molecule has 0 aromatic carbocycles. The first kappa shape index (κ1) is 19.4. The smallest absolute Gasteiger partial charge is 0.273 e. The number of amides is 2. The molecule has 1 N–H and O–H groups in total. The van der Waals surface area contributed by atoms with E-state index in [4.69, 9.17) is 4.74 Å². The molecule has 1 aromatic heterocycles. The lowest BCUT2D eigenvalue weighted by Gasteiger charge is -2.25. The van der Waals surface area contributed by atoms with Crippen LogP contribution in [0.15, 0.2) is 6.20 Å². The molecule has 2 heterocycles. The third-order valence-corrected chi connectivity index (χ3v) is 4.39. The van der Waals surface area contributed by atoms with Crippen molar-refractivity contribution in [3.05, 3.63) is 11.9 Å². The number of hydrogen-bond donors (Lipinski definition) is 1. The van der Waals surface area contributed by atoms with Crippen LogP contribution in [-0.2, 0) is 16.1 Å². The van der Waals surface area contributed by atoms with E-state index in [9.17, 15) is 9.59 Å². The highest BCUT2D eigenvalue weighted by Crippen LogP contribution is 2.21. The van der Waals surface area contributed by atoms with Gasteiger partial charge in [-0.2, -0.15) is 0 Å². The van der Waals surface area contributed by atoms with Gasteiger partial charge in [-0.1, -0.05) is 19.1 Å². The Morgan fingerprint density at radius 3 is 2.96 bits per heavy atom. The number of nitrogens with zero attached hydrogens (tertiary/aromatic N) is 4. The van der Waals surface area contributed by atoms with Gasteiger partial charge >= 0.3 is 0 Å². The van der Waals surface area contributed by atoms with Crippen LogP contribution in [-0.4, -0.2) is 64.6 Å². The molecule has 8 heteroatoms. The lowest BCUT2D eigenvalue weighted by atomic mass is 10.1. The molecule has 0 unspecified atom stereocenters. The number of likely N-dealkylation sites (tertiary alicyclic amines) is 1. The molecule has 2 amide bonds. The van der Waals surface area contributed by atoms with Crippen LogP contribution in [0, 0.1) is 5.92 Å². The van der Waals surface area contributed by atoms with Crippen LogP contribution in [0.25, 0.3) is 0 Å². The van der Waals surface area contributed by atoms with E-state index in [0.29, 0.717) is 32.0 Å². The second kappa shape index (κ2) is 9.50. The van der Waals surface area contributed by atoms with Gasteiger partial charge in [-0.05, 0) is 25.2 Å². The standard InChI is InChI=1S/C17H29N5O3/c1-13(2)6-7-16(23)22-9-4-5-14(22)11-21-12-15(19-20-21)17(24)18-8-10-25-3/h12-14H,4-11H2,1-3H3,(H,18,24)/t14-/m0/s1. The van der Waals surface area contributed by atoms with E-state index >= 15 is 0 Å². The second-order valence-electron chi connectivity index (χ2n) is 6.89. The lowest BCUT2D eigenvalue weighted by Crippen LogP contribution is -2.38. The van der Waals surface area contributed by atoms with E-state index in [1.54, 1.807) is 18.0 Å². The highest BCUT2D eigenvalue weighted by molar-refractivity contribution is 5.91. The minimum atomic E-state index is -0.264. The Hall–Kier alpha value is -1.96. The zero-order chi connectivity index (χ0) is 18.2. The average molecular weight is 351 g/mol. The second-order valence-corrected chi connectivity index (χ2v) is 6.89. The van der Waals surface area contributed by atoms with Crippen LogP contribution in [0.1, 0.15) is 50.0 Å². The Bertz CT molecular complexity index is 572. The molecule has 0 bridgehead atoms. The van der Waals surface area contributed by atoms with Gasteiger partial charge in [-0.3, -0.25) is 9.59 Å². The van der Waals surface area contributed by atoms with Crippen molar-refractivity contribution < 1.29 is 14.3 Å². The summed E-state index contributed by atoms with van der Waals surface area (Å²) in [6.07, 6.45) is 5.12. The van der Waals surface area contributed by atoms with Crippen molar-refractivity contribution in [3.8, 4) is 0 Å². The highest BCUT2D eigenvalue weighted by atomic mass is 16.5. The van der Waals surface area contributed by atoms with Gasteiger partial charge in [0, 0.05) is 26.6 Å². The normalized spacial score (nSPS) is 17.3. The van der Waals surface area contributed by atoms with Crippen molar-refractivity contribution >= 4 is 11.8 Å². The number of hydrogen-bond acceptors (Lipinski definition) is 5. The highest BCUT2D eigenvalue weighted by Gasteiger charge is 2.29. The van der Waals surface area contributed by atoms with Gasteiger partial charge in [0.15, 0.2) is 5.69 Å². The Kier molecular flexibility index (Phi) is 7.36. The average Bonchev–Trinajstić information content (AvgIpc) is 3.22. The van der Waals surface area contributed by atoms with Crippen molar-refractivity contribution in [1.29, 1.82) is 0 Å². The van der Waals surface area contributed by atoms with E-state index in [2.05, 4.69) is 29.5 Å². The molecule has 0 spiro atoms. The maximum absolute atomic E-state index is 12.4. The van der Waals surface area contributed by atoms with Gasteiger partial charge in [0.2, 0.25) is 5.91 Å². The summed E-state index contributed by atoms with van der Waals surface area (Å²) in [5.41, 5.74) is 0.284. The first-order chi connectivity index (χ1) is 12.0. The first-order valence-electron chi connectivity index (χ1n) is 8.98. The molecule has 2 rings (SSSR count). The van der Waals surface area contributed by atoms with Gasteiger partial charge in [-0.25, -0.2) is 4.68 Å². The Morgan fingerprint density at radius 2 is 2.24 bits per heavy atom. The fourth-order valence-corrected chi connectivity index (χ4v) is 2.97. The van der Waals surface area contributed by atoms with Gasteiger partial charge in [0.1, 0.15) is 0 Å². The maximum Gasteiger partial charge on any atom is 0.273 e. The summed E-state index contributed by atoms with van der Waals surface area (Å²) in [5, 5.41) is 10.7. The maximum atomic E-state index is 12.4. The Labute approximate surface area is 148 Å². The van der Waals surface area contributed by atoms with Crippen LogP contribution in [0.2, 0.25) is 0 Å². The topological polar surface area (TPSA) is 89.4 Å². The number of rotatable bonds is 9. The van der Waals surface area contributed by atoms with E-state index < -0.39 is 0 Å². The molecule has 1 fully saturated rings. The van der Waals surface area contributed by atoms with E-state index in [1.165, 1.54) is 0 Å². The van der Waals surface area contributed by atoms with Crippen molar-refractivity contribution in [2.75, 3.05) is 26.8 Å². The van der Waals surface area contributed by atoms with Crippen molar-refractivity contribution in [3.63, 3.8) is 0 Å². The van der Waals surface area contributed by atoms with Crippen molar-refractivity contribution in [2.24, 2.45) is 5.92 Å². The molecule has 0 radical (unpaired) electrons. The summed E-state index contributed by atoms with van der Waals surface area (Å²) in [6, 6.07) is 0.130. The van der Waals surface area contributed by atoms with Crippen LogP contribution in [0.4, 0.5) is 0 Å². The number of carbonyl (C=O) groups is 2. The lowest BCUT2D eigenvalue weighted by molar-refractivity contribution is -0.132.